The molecule has 7 heteroatoms. The van der Waals surface area contributed by atoms with E-state index in [2.05, 4.69) is 4.72 Å². The second-order valence-corrected chi connectivity index (χ2v) is 8.33. The van der Waals surface area contributed by atoms with Gasteiger partial charge in [0, 0.05) is 12.3 Å². The van der Waals surface area contributed by atoms with Crippen molar-refractivity contribution in [2.75, 3.05) is 17.8 Å². The maximum Gasteiger partial charge on any atom is 0.213 e. The number of rotatable bonds is 6. The lowest BCUT2D eigenvalue weighted by Gasteiger charge is -2.14. The van der Waals surface area contributed by atoms with E-state index in [0.717, 1.165) is 11.8 Å². The molecule has 0 spiro atoms. The number of hydrogen-bond donors (Lipinski definition) is 1. The second kappa shape index (κ2) is 5.81. The maximum absolute atomic E-state index is 11.7. The lowest BCUT2D eigenvalue weighted by molar-refractivity contribution is 0.566. The molecule has 1 atom stereocenters. The molecular formula is C11H17NO4S2. The third-order valence-electron chi connectivity index (χ3n) is 2.38. The predicted molar refractivity (Wildman–Crippen MR) is 71.5 cm³/mol. The molecule has 0 aliphatic heterocycles. The van der Waals surface area contributed by atoms with Crippen LogP contribution < -0.4 is 4.72 Å². The Morgan fingerprint density at radius 3 is 2.11 bits per heavy atom. The smallest absolute Gasteiger partial charge is 0.213 e. The first-order valence-corrected chi connectivity index (χ1v) is 9.13. The summed E-state index contributed by atoms with van der Waals surface area (Å²) in [5.74, 6) is -0.785. The SMILES string of the molecule is CC(NS(=O)(=O)CCS(C)(=O)=O)c1ccccc1. The van der Waals surface area contributed by atoms with Crippen LogP contribution in [-0.4, -0.2) is 34.6 Å². The zero-order valence-electron chi connectivity index (χ0n) is 10.3. The molecular weight excluding hydrogens is 274 g/mol. The van der Waals surface area contributed by atoms with Gasteiger partial charge in [0.25, 0.3) is 0 Å². The van der Waals surface area contributed by atoms with Crippen LogP contribution in [0, 0.1) is 0 Å². The Hall–Kier alpha value is -0.920. The van der Waals surface area contributed by atoms with E-state index in [1.807, 2.05) is 30.3 Å². The Morgan fingerprint density at radius 1 is 1.06 bits per heavy atom. The van der Waals surface area contributed by atoms with Crippen LogP contribution in [0.1, 0.15) is 18.5 Å². The fourth-order valence-electron chi connectivity index (χ4n) is 1.40. The highest BCUT2D eigenvalue weighted by Crippen LogP contribution is 2.12. The van der Waals surface area contributed by atoms with Crippen molar-refractivity contribution in [3.8, 4) is 0 Å². The summed E-state index contributed by atoms with van der Waals surface area (Å²) in [6.07, 6.45) is 1.02. The molecule has 0 bridgehead atoms. The van der Waals surface area contributed by atoms with Crippen LogP contribution in [0.2, 0.25) is 0 Å². The van der Waals surface area contributed by atoms with Crippen LogP contribution in [0.5, 0.6) is 0 Å². The summed E-state index contributed by atoms with van der Waals surface area (Å²) in [6.45, 7) is 1.72. The van der Waals surface area contributed by atoms with Crippen molar-refractivity contribution in [3.05, 3.63) is 35.9 Å². The molecule has 0 fully saturated rings. The first kappa shape index (κ1) is 15.1. The van der Waals surface area contributed by atoms with Gasteiger partial charge in [-0.3, -0.25) is 0 Å². The van der Waals surface area contributed by atoms with Crippen LogP contribution in [-0.2, 0) is 19.9 Å². The predicted octanol–water partition coefficient (Wildman–Crippen LogP) is 0.712. The van der Waals surface area contributed by atoms with E-state index in [4.69, 9.17) is 0 Å². The number of hydrogen-bond acceptors (Lipinski definition) is 4. The summed E-state index contributed by atoms with van der Waals surface area (Å²) in [6, 6.07) is 8.71. The molecule has 1 unspecified atom stereocenters. The Morgan fingerprint density at radius 2 is 1.61 bits per heavy atom. The molecule has 5 nitrogen and oxygen atoms in total. The molecule has 0 aliphatic carbocycles. The Bertz CT molecular complexity index is 579. The molecule has 0 heterocycles. The molecule has 102 valence electrons. The average Bonchev–Trinajstić information content (AvgIpc) is 2.26. The van der Waals surface area contributed by atoms with E-state index in [-0.39, 0.29) is 11.8 Å². The van der Waals surface area contributed by atoms with Crippen molar-refractivity contribution >= 4 is 19.9 Å². The average molecular weight is 291 g/mol. The standard InChI is InChI=1S/C11H17NO4S2/c1-10(11-6-4-3-5-7-11)12-18(15,16)9-8-17(2,13)14/h3-7,10,12H,8-9H2,1-2H3. The van der Waals surface area contributed by atoms with E-state index in [1.165, 1.54) is 0 Å². The Labute approximate surface area is 108 Å². The van der Waals surface area contributed by atoms with Gasteiger partial charge in [0.2, 0.25) is 10.0 Å². The highest BCUT2D eigenvalue weighted by atomic mass is 32.2. The van der Waals surface area contributed by atoms with Crippen LogP contribution in [0.15, 0.2) is 30.3 Å². The van der Waals surface area contributed by atoms with Gasteiger partial charge in [-0.05, 0) is 12.5 Å². The van der Waals surface area contributed by atoms with Crippen molar-refractivity contribution in [2.45, 2.75) is 13.0 Å². The Kier molecular flexibility index (Phi) is 4.89. The second-order valence-electron chi connectivity index (χ2n) is 4.20. The Balaban J connectivity index is 2.67. The lowest BCUT2D eigenvalue weighted by Crippen LogP contribution is -2.31. The third-order valence-corrected chi connectivity index (χ3v) is 5.04. The number of sulfonamides is 1. The molecule has 0 aliphatic rings. The van der Waals surface area contributed by atoms with Crippen LogP contribution in [0.25, 0.3) is 0 Å². The summed E-state index contributed by atoms with van der Waals surface area (Å²) in [4.78, 5) is 0. The lowest BCUT2D eigenvalue weighted by atomic mass is 10.1. The number of benzene rings is 1. The molecule has 1 N–H and O–H groups in total. The number of sulfone groups is 1. The van der Waals surface area contributed by atoms with E-state index in [9.17, 15) is 16.8 Å². The van der Waals surface area contributed by atoms with Crippen LogP contribution >= 0.6 is 0 Å². The molecule has 1 aromatic rings. The van der Waals surface area contributed by atoms with E-state index >= 15 is 0 Å². The van der Waals surface area contributed by atoms with Crippen molar-refractivity contribution in [3.63, 3.8) is 0 Å². The fourth-order valence-corrected chi connectivity index (χ4v) is 4.28. The van der Waals surface area contributed by atoms with Gasteiger partial charge in [0.1, 0.15) is 9.84 Å². The van der Waals surface area contributed by atoms with Gasteiger partial charge < -0.3 is 0 Å². The van der Waals surface area contributed by atoms with Gasteiger partial charge in [-0.2, -0.15) is 0 Å². The molecule has 18 heavy (non-hydrogen) atoms. The van der Waals surface area contributed by atoms with E-state index < -0.39 is 25.6 Å². The minimum Gasteiger partial charge on any atom is -0.229 e. The fraction of sp³-hybridized carbons (Fsp3) is 0.455. The largest absolute Gasteiger partial charge is 0.229 e. The monoisotopic (exact) mass is 291 g/mol. The van der Waals surface area contributed by atoms with Crippen LogP contribution in [0.3, 0.4) is 0 Å². The first-order valence-electron chi connectivity index (χ1n) is 5.42. The van der Waals surface area contributed by atoms with Gasteiger partial charge in [-0.25, -0.2) is 21.6 Å². The highest BCUT2D eigenvalue weighted by Gasteiger charge is 2.17. The summed E-state index contributed by atoms with van der Waals surface area (Å²) >= 11 is 0. The number of nitrogens with one attached hydrogen (secondary N) is 1. The molecule has 0 aromatic heterocycles. The van der Waals surface area contributed by atoms with Gasteiger partial charge in [-0.15, -0.1) is 0 Å². The van der Waals surface area contributed by atoms with Gasteiger partial charge in [0.15, 0.2) is 0 Å². The van der Waals surface area contributed by atoms with Crippen molar-refractivity contribution in [1.29, 1.82) is 0 Å². The molecule has 1 rings (SSSR count). The van der Waals surface area contributed by atoms with Crippen LogP contribution in [0.4, 0.5) is 0 Å². The van der Waals surface area contributed by atoms with Gasteiger partial charge in [0.05, 0.1) is 11.5 Å². The van der Waals surface area contributed by atoms with Gasteiger partial charge in [-0.1, -0.05) is 30.3 Å². The van der Waals surface area contributed by atoms with Crippen molar-refractivity contribution < 1.29 is 16.8 Å². The first-order chi connectivity index (χ1) is 8.20. The topological polar surface area (TPSA) is 80.3 Å². The summed E-state index contributed by atoms with van der Waals surface area (Å²) < 4.78 is 47.7. The summed E-state index contributed by atoms with van der Waals surface area (Å²) in [7, 11) is -6.87. The molecule has 0 radical (unpaired) electrons. The quantitative estimate of drug-likeness (QED) is 0.837. The van der Waals surface area contributed by atoms with Gasteiger partial charge >= 0.3 is 0 Å². The highest BCUT2D eigenvalue weighted by molar-refractivity contribution is 7.93. The minimum absolute atomic E-state index is 0.371. The molecule has 0 saturated carbocycles. The molecule has 0 saturated heterocycles. The van der Waals surface area contributed by atoms with E-state index in [0.29, 0.717) is 0 Å². The summed E-state index contributed by atoms with van der Waals surface area (Å²) in [5.41, 5.74) is 0.834. The molecule has 1 aromatic carbocycles. The van der Waals surface area contributed by atoms with Crippen molar-refractivity contribution in [2.24, 2.45) is 0 Å². The van der Waals surface area contributed by atoms with E-state index in [1.54, 1.807) is 6.92 Å². The zero-order valence-corrected chi connectivity index (χ0v) is 12.0. The maximum atomic E-state index is 11.7. The third kappa shape index (κ3) is 5.61. The molecule has 0 amide bonds. The van der Waals surface area contributed by atoms with Crippen molar-refractivity contribution in [1.82, 2.24) is 4.72 Å². The normalized spacial score (nSPS) is 14.3. The zero-order chi connectivity index (χ0) is 13.8. The summed E-state index contributed by atoms with van der Waals surface area (Å²) in [5, 5.41) is 0. The minimum atomic E-state index is -3.59.